The van der Waals surface area contributed by atoms with Crippen LogP contribution in [0, 0.1) is 0 Å². The molecule has 4 N–H and O–H groups in total. The fourth-order valence-electron chi connectivity index (χ4n) is 2.72. The molecule has 3 rings (SSSR count). The smallest absolute Gasteiger partial charge is 0.254 e. The molecule has 0 unspecified atom stereocenters. The number of carbonyl (C=O) groups is 1. The maximum Gasteiger partial charge on any atom is 0.254 e. The first kappa shape index (κ1) is 16.8. The normalized spacial score (nSPS) is 11.0. The van der Waals surface area contributed by atoms with E-state index in [2.05, 4.69) is 38.2 Å². The number of rotatable bonds is 6. The average Bonchev–Trinajstić information content (AvgIpc) is 2.98. The number of fused-ring (bicyclic) bond motifs is 1. The lowest BCUT2D eigenvalue weighted by Gasteiger charge is -2.13. The van der Waals surface area contributed by atoms with E-state index in [0.717, 1.165) is 23.1 Å². The maximum atomic E-state index is 11.7. The lowest BCUT2D eigenvalue weighted by atomic mass is 10.2. The summed E-state index contributed by atoms with van der Waals surface area (Å²) in [5.74, 6) is 0.264. The van der Waals surface area contributed by atoms with E-state index in [0.29, 0.717) is 11.8 Å². The molecule has 7 heteroatoms. The molecule has 0 aliphatic rings. The van der Waals surface area contributed by atoms with Crippen LogP contribution >= 0.6 is 0 Å². The summed E-state index contributed by atoms with van der Waals surface area (Å²) in [6.45, 7) is 6.97. The number of aromatic nitrogens is 3. The Morgan fingerprint density at radius 2 is 2.12 bits per heavy atom. The minimum absolute atomic E-state index is 0.175. The molecule has 0 aliphatic heterocycles. The highest BCUT2D eigenvalue weighted by molar-refractivity contribution is 6.00. The second kappa shape index (κ2) is 6.80. The molecule has 0 fully saturated rings. The fraction of sp³-hybridized carbons (Fsp3) is 0.278. The van der Waals surface area contributed by atoms with Gasteiger partial charge in [0.05, 0.1) is 5.52 Å². The van der Waals surface area contributed by atoms with Crippen LogP contribution in [-0.2, 0) is 6.54 Å². The Morgan fingerprint density at radius 3 is 2.80 bits per heavy atom. The molecule has 0 saturated carbocycles. The maximum absolute atomic E-state index is 11.7. The van der Waals surface area contributed by atoms with E-state index in [1.165, 1.54) is 6.20 Å². The Bertz CT molecular complexity index is 915. The van der Waals surface area contributed by atoms with E-state index < -0.39 is 5.91 Å². The van der Waals surface area contributed by atoms with Crippen molar-refractivity contribution in [1.82, 2.24) is 14.5 Å². The Labute approximate surface area is 146 Å². The summed E-state index contributed by atoms with van der Waals surface area (Å²) in [5.41, 5.74) is 7.70. The first-order valence-electron chi connectivity index (χ1n) is 8.28. The Kier molecular flexibility index (Phi) is 4.56. The summed E-state index contributed by atoms with van der Waals surface area (Å²) < 4.78 is 2.15. The third kappa shape index (κ3) is 3.40. The number of nitrogens with two attached hydrogens (primary N) is 1. The molecule has 0 bridgehead atoms. The molecule has 2 heterocycles. The lowest BCUT2D eigenvalue weighted by molar-refractivity contribution is 0.100. The molecule has 0 aliphatic carbocycles. The molecule has 7 nitrogen and oxygen atoms in total. The van der Waals surface area contributed by atoms with Crippen molar-refractivity contribution in [1.29, 1.82) is 0 Å². The van der Waals surface area contributed by atoms with Crippen molar-refractivity contribution in [2.45, 2.75) is 33.4 Å². The average molecular weight is 338 g/mol. The Hall–Kier alpha value is -3.09. The van der Waals surface area contributed by atoms with Gasteiger partial charge in [-0.25, -0.2) is 4.98 Å². The molecular weight excluding hydrogens is 316 g/mol. The second-order valence-electron chi connectivity index (χ2n) is 6.08. The number of nitrogens with one attached hydrogen (secondary N) is 2. The van der Waals surface area contributed by atoms with Crippen molar-refractivity contribution >= 4 is 34.3 Å². The van der Waals surface area contributed by atoms with Gasteiger partial charge in [0.15, 0.2) is 0 Å². The standard InChI is InChI=1S/C18H22N6O/c1-4-24-9-8-12-14(6-5-7-15(12)24)22-17-13(16(19)25)10-20-18(23-17)21-11(2)3/h5-11H,4H2,1-3H3,(H2,19,25)(H2,20,21,22,23). The molecule has 130 valence electrons. The predicted octanol–water partition coefficient (Wildman–Crippen LogP) is 3.11. The molecule has 1 aromatic carbocycles. The van der Waals surface area contributed by atoms with Gasteiger partial charge in [-0.3, -0.25) is 4.79 Å². The van der Waals surface area contributed by atoms with Crippen molar-refractivity contribution in [3.05, 3.63) is 42.2 Å². The van der Waals surface area contributed by atoms with Gasteiger partial charge in [0.25, 0.3) is 5.91 Å². The van der Waals surface area contributed by atoms with Gasteiger partial charge in [0.1, 0.15) is 11.4 Å². The van der Waals surface area contributed by atoms with E-state index in [-0.39, 0.29) is 11.6 Å². The molecule has 0 atom stereocenters. The van der Waals surface area contributed by atoms with Gasteiger partial charge in [-0.1, -0.05) is 6.07 Å². The number of hydrogen-bond donors (Lipinski definition) is 3. The van der Waals surface area contributed by atoms with Crippen molar-refractivity contribution in [3.63, 3.8) is 0 Å². The highest BCUT2D eigenvalue weighted by Gasteiger charge is 2.14. The second-order valence-corrected chi connectivity index (χ2v) is 6.08. The van der Waals surface area contributed by atoms with Crippen LogP contribution in [0.25, 0.3) is 10.9 Å². The molecule has 1 amide bonds. The minimum Gasteiger partial charge on any atom is -0.365 e. The van der Waals surface area contributed by atoms with Crippen LogP contribution in [0.2, 0.25) is 0 Å². The van der Waals surface area contributed by atoms with Crippen LogP contribution in [0.4, 0.5) is 17.5 Å². The molecule has 25 heavy (non-hydrogen) atoms. The van der Waals surface area contributed by atoms with E-state index in [1.807, 2.05) is 38.2 Å². The monoisotopic (exact) mass is 338 g/mol. The Balaban J connectivity index is 2.04. The van der Waals surface area contributed by atoms with Crippen molar-refractivity contribution in [2.75, 3.05) is 10.6 Å². The van der Waals surface area contributed by atoms with Crippen LogP contribution in [0.5, 0.6) is 0 Å². The highest BCUT2D eigenvalue weighted by Crippen LogP contribution is 2.28. The van der Waals surface area contributed by atoms with Gasteiger partial charge in [-0.2, -0.15) is 4.98 Å². The zero-order chi connectivity index (χ0) is 18.0. The largest absolute Gasteiger partial charge is 0.365 e. The zero-order valence-electron chi connectivity index (χ0n) is 14.6. The first-order chi connectivity index (χ1) is 12.0. The van der Waals surface area contributed by atoms with Crippen LogP contribution < -0.4 is 16.4 Å². The van der Waals surface area contributed by atoms with Crippen molar-refractivity contribution in [2.24, 2.45) is 5.73 Å². The number of aryl methyl sites for hydroxylation is 1. The number of nitrogens with zero attached hydrogens (tertiary/aromatic N) is 3. The number of benzene rings is 1. The lowest BCUT2D eigenvalue weighted by Crippen LogP contribution is -2.18. The zero-order valence-corrected chi connectivity index (χ0v) is 14.6. The van der Waals surface area contributed by atoms with Gasteiger partial charge in [0, 0.05) is 36.1 Å². The van der Waals surface area contributed by atoms with Crippen LogP contribution in [0.1, 0.15) is 31.1 Å². The number of primary amides is 1. The summed E-state index contributed by atoms with van der Waals surface area (Å²) in [5, 5.41) is 7.42. The Morgan fingerprint density at radius 1 is 1.32 bits per heavy atom. The molecular formula is C18H22N6O. The van der Waals surface area contributed by atoms with Crippen LogP contribution in [-0.4, -0.2) is 26.5 Å². The van der Waals surface area contributed by atoms with Gasteiger partial charge >= 0.3 is 0 Å². The third-order valence-corrected chi connectivity index (χ3v) is 3.88. The van der Waals surface area contributed by atoms with Gasteiger partial charge in [-0.05, 0) is 39.0 Å². The fourth-order valence-corrected chi connectivity index (χ4v) is 2.72. The van der Waals surface area contributed by atoms with E-state index in [4.69, 9.17) is 5.73 Å². The van der Waals surface area contributed by atoms with E-state index in [9.17, 15) is 4.79 Å². The van der Waals surface area contributed by atoms with Crippen LogP contribution in [0.3, 0.4) is 0 Å². The van der Waals surface area contributed by atoms with E-state index in [1.54, 1.807) is 0 Å². The van der Waals surface area contributed by atoms with Gasteiger partial charge < -0.3 is 20.9 Å². The summed E-state index contributed by atoms with van der Waals surface area (Å²) in [7, 11) is 0. The predicted molar refractivity (Wildman–Crippen MR) is 100 cm³/mol. The summed E-state index contributed by atoms with van der Waals surface area (Å²) >= 11 is 0. The van der Waals surface area contributed by atoms with Crippen molar-refractivity contribution < 1.29 is 4.79 Å². The quantitative estimate of drug-likeness (QED) is 0.641. The highest BCUT2D eigenvalue weighted by atomic mass is 16.1. The van der Waals surface area contributed by atoms with Crippen LogP contribution in [0.15, 0.2) is 36.7 Å². The molecule has 3 aromatic rings. The van der Waals surface area contributed by atoms with E-state index >= 15 is 0 Å². The summed E-state index contributed by atoms with van der Waals surface area (Å²) in [4.78, 5) is 20.3. The van der Waals surface area contributed by atoms with Gasteiger partial charge in [-0.15, -0.1) is 0 Å². The third-order valence-electron chi connectivity index (χ3n) is 3.88. The molecule has 2 aromatic heterocycles. The number of carbonyl (C=O) groups excluding carboxylic acids is 1. The number of anilines is 3. The minimum atomic E-state index is -0.572. The number of hydrogen-bond acceptors (Lipinski definition) is 5. The number of amides is 1. The summed E-state index contributed by atoms with van der Waals surface area (Å²) in [6.07, 6.45) is 3.48. The van der Waals surface area contributed by atoms with Crippen molar-refractivity contribution in [3.8, 4) is 0 Å². The summed E-state index contributed by atoms with van der Waals surface area (Å²) in [6, 6.07) is 8.19. The SMILES string of the molecule is CCn1ccc2c(Nc3nc(NC(C)C)ncc3C(N)=O)cccc21. The topological polar surface area (TPSA) is 97.9 Å². The van der Waals surface area contributed by atoms with Gasteiger partial charge in [0.2, 0.25) is 5.95 Å². The molecule has 0 spiro atoms. The first-order valence-corrected chi connectivity index (χ1v) is 8.28. The molecule has 0 radical (unpaired) electrons. The molecule has 0 saturated heterocycles.